The first-order valence-corrected chi connectivity index (χ1v) is 5.81. The lowest BCUT2D eigenvalue weighted by Crippen LogP contribution is -1.98. The van der Waals surface area contributed by atoms with Gasteiger partial charge in [-0.15, -0.1) is 0 Å². The van der Waals surface area contributed by atoms with Crippen molar-refractivity contribution < 1.29 is 8.78 Å². The van der Waals surface area contributed by atoms with E-state index >= 15 is 0 Å². The summed E-state index contributed by atoms with van der Waals surface area (Å²) in [6, 6.07) is 8.83. The molecule has 0 atom stereocenters. The molecule has 0 aliphatic heterocycles. The van der Waals surface area contributed by atoms with Crippen molar-refractivity contribution in [1.29, 1.82) is 5.26 Å². The minimum absolute atomic E-state index is 0.0524. The van der Waals surface area contributed by atoms with E-state index in [0.717, 1.165) is 17.7 Å². The van der Waals surface area contributed by atoms with Gasteiger partial charge in [-0.1, -0.05) is 17.7 Å². The third-order valence-corrected chi connectivity index (χ3v) is 2.86. The van der Waals surface area contributed by atoms with Gasteiger partial charge in [0.15, 0.2) is 5.82 Å². The quantitative estimate of drug-likeness (QED) is 0.875. The molecule has 19 heavy (non-hydrogen) atoms. The molecular formula is C14H9ClF2N2. The largest absolute Gasteiger partial charge is 0.351 e. The van der Waals surface area contributed by atoms with Crippen LogP contribution in [0.3, 0.4) is 0 Å². The number of nitrogens with one attached hydrogen (secondary N) is 1. The lowest BCUT2D eigenvalue weighted by atomic mass is 10.1. The lowest BCUT2D eigenvalue weighted by Gasteiger charge is -2.11. The molecular weight excluding hydrogens is 270 g/mol. The van der Waals surface area contributed by atoms with Gasteiger partial charge in [-0.2, -0.15) is 5.26 Å². The van der Waals surface area contributed by atoms with Crippen LogP contribution in [-0.4, -0.2) is 0 Å². The lowest BCUT2D eigenvalue weighted by molar-refractivity contribution is 0.586. The van der Waals surface area contributed by atoms with Gasteiger partial charge in [-0.3, -0.25) is 0 Å². The molecule has 0 radical (unpaired) electrons. The molecule has 0 aliphatic carbocycles. The van der Waals surface area contributed by atoms with E-state index in [2.05, 4.69) is 5.32 Å². The minimum atomic E-state index is -0.811. The Labute approximate surface area is 114 Å². The van der Waals surface area contributed by atoms with Gasteiger partial charge in [-0.25, -0.2) is 8.78 Å². The summed E-state index contributed by atoms with van der Waals surface area (Å²) in [5, 5.41) is 11.7. The molecule has 2 aromatic rings. The highest BCUT2D eigenvalue weighted by molar-refractivity contribution is 6.33. The number of aryl methyl sites for hydroxylation is 1. The van der Waals surface area contributed by atoms with Crippen molar-refractivity contribution in [3.8, 4) is 6.07 Å². The SMILES string of the molecule is Cc1ccc(Nc2c(F)cc(F)cc2Cl)c(C#N)c1. The van der Waals surface area contributed by atoms with Crippen LogP contribution >= 0.6 is 11.6 Å². The maximum Gasteiger partial charge on any atom is 0.151 e. The average molecular weight is 279 g/mol. The van der Waals surface area contributed by atoms with Crippen molar-refractivity contribution in [3.63, 3.8) is 0 Å². The predicted molar refractivity (Wildman–Crippen MR) is 70.5 cm³/mol. The van der Waals surface area contributed by atoms with Crippen molar-refractivity contribution in [2.24, 2.45) is 0 Å². The third-order valence-electron chi connectivity index (χ3n) is 2.56. The molecule has 2 aromatic carbocycles. The smallest absolute Gasteiger partial charge is 0.151 e. The van der Waals surface area contributed by atoms with Crippen molar-refractivity contribution in [3.05, 3.63) is 58.1 Å². The molecule has 0 spiro atoms. The second kappa shape index (κ2) is 5.25. The summed E-state index contributed by atoms with van der Waals surface area (Å²) in [7, 11) is 0. The molecule has 0 bridgehead atoms. The van der Waals surface area contributed by atoms with Crippen molar-refractivity contribution in [1.82, 2.24) is 0 Å². The molecule has 2 nitrogen and oxygen atoms in total. The van der Waals surface area contributed by atoms with E-state index in [-0.39, 0.29) is 10.7 Å². The van der Waals surface area contributed by atoms with Gasteiger partial charge in [0, 0.05) is 6.07 Å². The Morgan fingerprint density at radius 2 is 1.95 bits per heavy atom. The molecule has 5 heteroatoms. The second-order valence-electron chi connectivity index (χ2n) is 4.03. The Morgan fingerprint density at radius 3 is 2.58 bits per heavy atom. The van der Waals surface area contributed by atoms with E-state index in [1.807, 2.05) is 13.0 Å². The zero-order chi connectivity index (χ0) is 14.0. The maximum atomic E-state index is 13.6. The fraction of sp³-hybridized carbons (Fsp3) is 0.0714. The van der Waals surface area contributed by atoms with Crippen LogP contribution in [0.5, 0.6) is 0 Å². The maximum absolute atomic E-state index is 13.6. The highest BCUT2D eigenvalue weighted by Crippen LogP contribution is 2.30. The van der Waals surface area contributed by atoms with Crippen molar-refractivity contribution in [2.75, 3.05) is 5.32 Å². The van der Waals surface area contributed by atoms with E-state index in [1.165, 1.54) is 0 Å². The van der Waals surface area contributed by atoms with Crippen LogP contribution in [0.2, 0.25) is 5.02 Å². The van der Waals surface area contributed by atoms with Crippen LogP contribution in [0, 0.1) is 29.9 Å². The zero-order valence-electron chi connectivity index (χ0n) is 9.97. The van der Waals surface area contributed by atoms with Crippen LogP contribution in [0.25, 0.3) is 0 Å². The number of hydrogen-bond donors (Lipinski definition) is 1. The standard InChI is InChI=1S/C14H9ClF2N2/c1-8-2-3-13(9(4-8)7-18)19-14-11(15)5-10(16)6-12(14)17/h2-6,19H,1H3. The molecule has 0 saturated heterocycles. The summed E-state index contributed by atoms with van der Waals surface area (Å²) in [6.45, 7) is 1.84. The van der Waals surface area contributed by atoms with Crippen LogP contribution in [-0.2, 0) is 0 Å². The number of rotatable bonds is 2. The second-order valence-corrected chi connectivity index (χ2v) is 4.44. The molecule has 0 amide bonds. The summed E-state index contributed by atoms with van der Waals surface area (Å²) in [5.74, 6) is -1.56. The van der Waals surface area contributed by atoms with E-state index in [4.69, 9.17) is 16.9 Å². The fourth-order valence-electron chi connectivity index (χ4n) is 1.66. The topological polar surface area (TPSA) is 35.8 Å². The van der Waals surface area contributed by atoms with E-state index in [9.17, 15) is 8.78 Å². The van der Waals surface area contributed by atoms with Crippen LogP contribution in [0.1, 0.15) is 11.1 Å². The van der Waals surface area contributed by atoms with Gasteiger partial charge in [0.25, 0.3) is 0 Å². The fourth-order valence-corrected chi connectivity index (χ4v) is 1.90. The van der Waals surface area contributed by atoms with Crippen LogP contribution < -0.4 is 5.32 Å². The molecule has 2 rings (SSSR count). The Morgan fingerprint density at radius 1 is 1.21 bits per heavy atom. The van der Waals surface area contributed by atoms with Gasteiger partial charge >= 0.3 is 0 Å². The van der Waals surface area contributed by atoms with E-state index < -0.39 is 11.6 Å². The molecule has 0 aliphatic rings. The number of nitrogens with zero attached hydrogens (tertiary/aromatic N) is 1. The predicted octanol–water partition coefficient (Wildman–Crippen LogP) is 4.54. The Bertz CT molecular complexity index is 655. The first-order valence-electron chi connectivity index (χ1n) is 5.43. The molecule has 96 valence electrons. The van der Waals surface area contributed by atoms with Crippen molar-refractivity contribution in [2.45, 2.75) is 6.92 Å². The van der Waals surface area contributed by atoms with E-state index in [0.29, 0.717) is 11.3 Å². The number of hydrogen-bond acceptors (Lipinski definition) is 2. The first kappa shape index (κ1) is 13.3. The number of benzene rings is 2. The van der Waals surface area contributed by atoms with Crippen LogP contribution in [0.15, 0.2) is 30.3 Å². The average Bonchev–Trinajstić information content (AvgIpc) is 2.35. The monoisotopic (exact) mass is 278 g/mol. The zero-order valence-corrected chi connectivity index (χ0v) is 10.7. The highest BCUT2D eigenvalue weighted by Gasteiger charge is 2.12. The summed E-state index contributed by atoms with van der Waals surface area (Å²) in [4.78, 5) is 0. The number of halogens is 3. The first-order chi connectivity index (χ1) is 9.01. The Hall–Kier alpha value is -2.12. The third kappa shape index (κ3) is 2.83. The number of nitriles is 1. The Kier molecular flexibility index (Phi) is 3.68. The van der Waals surface area contributed by atoms with Gasteiger partial charge in [0.1, 0.15) is 11.9 Å². The molecule has 1 N–H and O–H groups in total. The molecule has 0 fully saturated rings. The summed E-state index contributed by atoms with van der Waals surface area (Å²) >= 11 is 5.79. The normalized spacial score (nSPS) is 10.1. The number of anilines is 2. The van der Waals surface area contributed by atoms with Gasteiger partial charge < -0.3 is 5.32 Å². The Balaban J connectivity index is 2.45. The molecule has 0 aromatic heterocycles. The molecule has 0 saturated carbocycles. The van der Waals surface area contributed by atoms with Gasteiger partial charge in [-0.05, 0) is 30.7 Å². The van der Waals surface area contributed by atoms with Crippen LogP contribution in [0.4, 0.5) is 20.2 Å². The summed E-state index contributed by atoms with van der Waals surface area (Å²) in [6.07, 6.45) is 0. The molecule has 0 unspecified atom stereocenters. The van der Waals surface area contributed by atoms with Gasteiger partial charge in [0.2, 0.25) is 0 Å². The van der Waals surface area contributed by atoms with Gasteiger partial charge in [0.05, 0.1) is 22.0 Å². The van der Waals surface area contributed by atoms with E-state index in [1.54, 1.807) is 18.2 Å². The minimum Gasteiger partial charge on any atom is -0.351 e. The highest BCUT2D eigenvalue weighted by atomic mass is 35.5. The van der Waals surface area contributed by atoms with Crippen molar-refractivity contribution >= 4 is 23.0 Å². The summed E-state index contributed by atoms with van der Waals surface area (Å²) in [5.41, 5.74) is 1.64. The molecule has 0 heterocycles. The summed E-state index contributed by atoms with van der Waals surface area (Å²) < 4.78 is 26.6.